The molecule has 1 aliphatic heterocycles. The molecule has 1 aliphatic rings. The Morgan fingerprint density at radius 1 is 1.64 bits per heavy atom. The number of carbonyl (C=O) groups excluding carboxylic acids is 1. The van der Waals surface area contributed by atoms with Crippen molar-refractivity contribution in [1.82, 2.24) is 4.90 Å². The Morgan fingerprint density at radius 3 is 2.64 bits per heavy atom. The molecule has 0 spiro atoms. The number of hydrogen-bond acceptors (Lipinski definition) is 1. The van der Waals surface area contributed by atoms with Crippen LogP contribution in [0.4, 0.5) is 0 Å². The minimum atomic E-state index is 0.120. The van der Waals surface area contributed by atoms with E-state index in [0.717, 1.165) is 19.4 Å². The summed E-state index contributed by atoms with van der Waals surface area (Å²) in [6.07, 6.45) is 2.28. The molecule has 0 bridgehead atoms. The molecule has 0 aliphatic carbocycles. The molecule has 0 aromatic rings. The van der Waals surface area contributed by atoms with E-state index in [1.165, 1.54) is 0 Å². The molecule has 2 nitrogen and oxygen atoms in total. The van der Waals surface area contributed by atoms with E-state index in [9.17, 15) is 4.79 Å². The molecule has 11 heavy (non-hydrogen) atoms. The third-order valence-corrected chi connectivity index (χ3v) is 2.18. The highest BCUT2D eigenvalue weighted by atomic mass is 16.2. The summed E-state index contributed by atoms with van der Waals surface area (Å²) >= 11 is 0. The van der Waals surface area contributed by atoms with Crippen LogP contribution in [0.5, 0.6) is 0 Å². The number of nitrogens with zero attached hydrogens (tertiary/aromatic N) is 1. The highest BCUT2D eigenvalue weighted by Gasteiger charge is 2.24. The minimum Gasteiger partial charge on any atom is -0.336 e. The second kappa shape index (κ2) is 3.07. The fourth-order valence-electron chi connectivity index (χ4n) is 1.48. The lowest BCUT2D eigenvalue weighted by Crippen LogP contribution is -2.33. The normalized spacial score (nSPS) is 23.8. The molecule has 0 radical (unpaired) electrons. The van der Waals surface area contributed by atoms with Crippen LogP contribution in [-0.2, 0) is 4.79 Å². The van der Waals surface area contributed by atoms with Gasteiger partial charge in [-0.25, -0.2) is 0 Å². The number of hydrogen-bond donors (Lipinski definition) is 0. The lowest BCUT2D eigenvalue weighted by molar-refractivity contribution is -0.127. The highest BCUT2D eigenvalue weighted by molar-refractivity contribution is 5.92. The van der Waals surface area contributed by atoms with Crippen molar-refractivity contribution in [3.63, 3.8) is 0 Å². The van der Waals surface area contributed by atoms with E-state index in [1.54, 1.807) is 6.92 Å². The number of amides is 1. The molecule has 62 valence electrons. The van der Waals surface area contributed by atoms with Gasteiger partial charge in [-0.05, 0) is 26.7 Å². The Hall–Kier alpha value is -0.790. The lowest BCUT2D eigenvalue weighted by atomic mass is 10.2. The molecule has 2 heteroatoms. The predicted molar refractivity (Wildman–Crippen MR) is 45.2 cm³/mol. The standard InChI is InChI=1S/C9H15NO/c1-7(2)9(11)10-6-4-5-8(10)3/h8H,1,4-6H2,2-3H3/t8-/m0/s1. The third kappa shape index (κ3) is 1.62. The first-order valence-electron chi connectivity index (χ1n) is 4.09. The zero-order valence-corrected chi connectivity index (χ0v) is 7.26. The Bertz CT molecular complexity index is 186. The summed E-state index contributed by atoms with van der Waals surface area (Å²) in [5, 5.41) is 0. The smallest absolute Gasteiger partial charge is 0.249 e. The van der Waals surface area contributed by atoms with Crippen LogP contribution in [0.2, 0.25) is 0 Å². The number of rotatable bonds is 1. The topological polar surface area (TPSA) is 20.3 Å². The SMILES string of the molecule is C=C(C)C(=O)N1CCC[C@@H]1C. The van der Waals surface area contributed by atoms with Crippen LogP contribution in [0, 0.1) is 0 Å². The van der Waals surface area contributed by atoms with E-state index < -0.39 is 0 Å². The maximum absolute atomic E-state index is 11.4. The molecule has 0 aromatic heterocycles. The summed E-state index contributed by atoms with van der Waals surface area (Å²) in [6.45, 7) is 8.41. The highest BCUT2D eigenvalue weighted by Crippen LogP contribution is 2.17. The molecule has 1 rings (SSSR count). The van der Waals surface area contributed by atoms with Gasteiger partial charge in [0.15, 0.2) is 0 Å². The zero-order chi connectivity index (χ0) is 8.43. The van der Waals surface area contributed by atoms with Crippen LogP contribution >= 0.6 is 0 Å². The Balaban J connectivity index is 2.60. The van der Waals surface area contributed by atoms with Gasteiger partial charge in [-0.2, -0.15) is 0 Å². The maximum atomic E-state index is 11.4. The van der Waals surface area contributed by atoms with Crippen molar-refractivity contribution in [1.29, 1.82) is 0 Å². The fraction of sp³-hybridized carbons (Fsp3) is 0.667. The van der Waals surface area contributed by atoms with E-state index in [2.05, 4.69) is 13.5 Å². The van der Waals surface area contributed by atoms with Crippen LogP contribution in [0.15, 0.2) is 12.2 Å². The van der Waals surface area contributed by atoms with Crippen molar-refractivity contribution in [3.8, 4) is 0 Å². The van der Waals surface area contributed by atoms with Crippen molar-refractivity contribution in [3.05, 3.63) is 12.2 Å². The molecule has 0 saturated carbocycles. The zero-order valence-electron chi connectivity index (χ0n) is 7.26. The molecular formula is C9H15NO. The van der Waals surface area contributed by atoms with Gasteiger partial charge in [0, 0.05) is 18.2 Å². The summed E-state index contributed by atoms with van der Waals surface area (Å²) in [4.78, 5) is 13.3. The summed E-state index contributed by atoms with van der Waals surface area (Å²) < 4.78 is 0. The van der Waals surface area contributed by atoms with Crippen LogP contribution in [0.3, 0.4) is 0 Å². The van der Waals surface area contributed by atoms with Crippen LogP contribution in [0.1, 0.15) is 26.7 Å². The van der Waals surface area contributed by atoms with Gasteiger partial charge in [-0.15, -0.1) is 0 Å². The maximum Gasteiger partial charge on any atom is 0.249 e. The first-order valence-corrected chi connectivity index (χ1v) is 4.09. The molecule has 0 aromatic carbocycles. The Morgan fingerprint density at radius 2 is 2.27 bits per heavy atom. The van der Waals surface area contributed by atoms with Gasteiger partial charge < -0.3 is 4.90 Å². The molecule has 0 unspecified atom stereocenters. The van der Waals surface area contributed by atoms with E-state index >= 15 is 0 Å². The summed E-state index contributed by atoms with van der Waals surface area (Å²) in [7, 11) is 0. The first-order chi connectivity index (χ1) is 5.13. The van der Waals surface area contributed by atoms with Crippen LogP contribution in [0.25, 0.3) is 0 Å². The van der Waals surface area contributed by atoms with E-state index in [-0.39, 0.29) is 5.91 Å². The molecule has 1 amide bonds. The molecule has 1 heterocycles. The molecule has 1 saturated heterocycles. The average Bonchev–Trinajstić information content (AvgIpc) is 2.33. The van der Waals surface area contributed by atoms with Gasteiger partial charge in [-0.3, -0.25) is 4.79 Å². The van der Waals surface area contributed by atoms with Crippen molar-refractivity contribution >= 4 is 5.91 Å². The van der Waals surface area contributed by atoms with Gasteiger partial charge in [0.2, 0.25) is 5.91 Å². The molecular weight excluding hydrogens is 138 g/mol. The molecule has 1 atom stereocenters. The van der Waals surface area contributed by atoms with Gasteiger partial charge in [0.1, 0.15) is 0 Å². The number of likely N-dealkylation sites (tertiary alicyclic amines) is 1. The van der Waals surface area contributed by atoms with Gasteiger partial charge >= 0.3 is 0 Å². The second-order valence-electron chi connectivity index (χ2n) is 3.27. The van der Waals surface area contributed by atoms with Crippen molar-refractivity contribution in [2.45, 2.75) is 32.7 Å². The van der Waals surface area contributed by atoms with Gasteiger partial charge in [-0.1, -0.05) is 6.58 Å². The van der Waals surface area contributed by atoms with E-state index in [4.69, 9.17) is 0 Å². The average molecular weight is 153 g/mol. The van der Waals surface area contributed by atoms with Gasteiger partial charge in [0.05, 0.1) is 0 Å². The van der Waals surface area contributed by atoms with E-state index in [0.29, 0.717) is 11.6 Å². The summed E-state index contributed by atoms with van der Waals surface area (Å²) in [5.41, 5.74) is 0.652. The monoisotopic (exact) mass is 153 g/mol. The summed E-state index contributed by atoms with van der Waals surface area (Å²) in [6, 6.07) is 0.416. The van der Waals surface area contributed by atoms with Crippen LogP contribution in [-0.4, -0.2) is 23.4 Å². The Labute approximate surface area is 67.9 Å². The van der Waals surface area contributed by atoms with Crippen molar-refractivity contribution in [2.24, 2.45) is 0 Å². The first kappa shape index (κ1) is 8.31. The van der Waals surface area contributed by atoms with Crippen molar-refractivity contribution in [2.75, 3.05) is 6.54 Å². The molecule has 1 fully saturated rings. The quantitative estimate of drug-likeness (QED) is 0.524. The predicted octanol–water partition coefficient (Wildman–Crippen LogP) is 1.57. The van der Waals surface area contributed by atoms with Crippen molar-refractivity contribution < 1.29 is 4.79 Å². The lowest BCUT2D eigenvalue weighted by Gasteiger charge is -2.21. The largest absolute Gasteiger partial charge is 0.336 e. The van der Waals surface area contributed by atoms with Gasteiger partial charge in [0.25, 0.3) is 0 Å². The number of carbonyl (C=O) groups is 1. The molecule has 0 N–H and O–H groups in total. The van der Waals surface area contributed by atoms with E-state index in [1.807, 2.05) is 4.90 Å². The minimum absolute atomic E-state index is 0.120. The summed E-state index contributed by atoms with van der Waals surface area (Å²) in [5.74, 6) is 0.120. The Kier molecular flexibility index (Phi) is 2.32. The third-order valence-electron chi connectivity index (χ3n) is 2.18. The fourth-order valence-corrected chi connectivity index (χ4v) is 1.48. The van der Waals surface area contributed by atoms with Crippen LogP contribution < -0.4 is 0 Å². The second-order valence-corrected chi connectivity index (χ2v) is 3.27.